The molecule has 1 N–H and O–H groups in total. The van der Waals surface area contributed by atoms with Crippen LogP contribution in [0.2, 0.25) is 0 Å². The van der Waals surface area contributed by atoms with Gasteiger partial charge in [0.05, 0.1) is 5.69 Å². The van der Waals surface area contributed by atoms with Crippen LogP contribution in [0.3, 0.4) is 0 Å². The Hall–Kier alpha value is -0.340. The van der Waals surface area contributed by atoms with E-state index in [1.807, 2.05) is 0 Å². The van der Waals surface area contributed by atoms with Crippen molar-refractivity contribution in [1.82, 2.24) is 0 Å². The topological polar surface area (TPSA) is 40.5 Å². The Balaban J connectivity index is 2.93. The molecule has 0 atom stereocenters. The summed E-state index contributed by atoms with van der Waals surface area (Å²) in [5.41, 5.74) is 0.172. The molecule has 0 spiro atoms. The Kier molecular flexibility index (Phi) is 5.21. The van der Waals surface area contributed by atoms with Gasteiger partial charge in [0.1, 0.15) is 3.74 Å². The van der Waals surface area contributed by atoms with Gasteiger partial charge in [-0.25, -0.2) is 9.10 Å². The first-order valence-electron chi connectivity index (χ1n) is 4.28. The van der Waals surface area contributed by atoms with Gasteiger partial charge in [0, 0.05) is 11.9 Å². The number of benzene rings is 1. The van der Waals surface area contributed by atoms with Gasteiger partial charge < -0.3 is 5.11 Å². The lowest BCUT2D eigenvalue weighted by Gasteiger charge is -2.24. The van der Waals surface area contributed by atoms with Crippen molar-refractivity contribution >= 4 is 55.6 Å². The zero-order chi connectivity index (χ0) is 13.1. The van der Waals surface area contributed by atoms with E-state index in [1.54, 1.807) is 18.2 Å². The molecule has 0 fully saturated rings. The summed E-state index contributed by atoms with van der Waals surface area (Å²) in [6.07, 6.45) is -1.46. The minimum absolute atomic E-state index is 0.0770. The van der Waals surface area contributed by atoms with Crippen molar-refractivity contribution in [2.45, 2.75) is 8.99 Å². The molecule has 8 heteroatoms. The number of rotatable bonds is 4. The second kappa shape index (κ2) is 6.01. The molecular weight excluding hydrogens is 384 g/mol. The molecule has 0 heterocycles. The van der Waals surface area contributed by atoms with E-state index >= 15 is 0 Å². The molecule has 1 rings (SSSR count). The first-order chi connectivity index (χ1) is 7.84. The summed E-state index contributed by atoms with van der Waals surface area (Å²) in [4.78, 5) is 10.9. The summed E-state index contributed by atoms with van der Waals surface area (Å²) in [6, 6.07) is 7.70. The number of amides is 1. The van der Waals surface area contributed by atoms with Crippen molar-refractivity contribution in [1.29, 1.82) is 0 Å². The van der Waals surface area contributed by atoms with E-state index in [9.17, 15) is 13.6 Å². The number of hydrogen-bond acceptors (Lipinski definition) is 2. The maximum Gasteiger partial charge on any atom is 0.422 e. The van der Waals surface area contributed by atoms with Crippen LogP contribution in [0.15, 0.2) is 30.3 Å². The van der Waals surface area contributed by atoms with Crippen molar-refractivity contribution in [2.24, 2.45) is 0 Å². The Bertz CT molecular complexity index is 392. The number of nitrogens with zero attached hydrogens (tertiary/aromatic N) is 1. The van der Waals surface area contributed by atoms with Crippen molar-refractivity contribution in [3.8, 4) is 0 Å². The van der Waals surface area contributed by atoms with Crippen LogP contribution in [-0.2, 0) is 0 Å². The lowest BCUT2D eigenvalue weighted by molar-refractivity contribution is 0.128. The first-order valence-corrected chi connectivity index (χ1v) is 6.88. The first kappa shape index (κ1) is 14.7. The number of para-hydroxylation sites is 1. The summed E-state index contributed by atoms with van der Waals surface area (Å²) in [5, 5.41) is 5.62. The van der Waals surface area contributed by atoms with E-state index in [0.717, 1.165) is 0 Å². The fourth-order valence-corrected chi connectivity index (χ4v) is 2.06. The number of halogens is 4. The van der Waals surface area contributed by atoms with Gasteiger partial charge in [-0.2, -0.15) is 8.78 Å². The smallest absolute Gasteiger partial charge is 0.422 e. The van der Waals surface area contributed by atoms with E-state index < -0.39 is 15.1 Å². The molecule has 94 valence electrons. The molecule has 0 aromatic heterocycles. The highest BCUT2D eigenvalue weighted by Crippen LogP contribution is 2.43. The summed E-state index contributed by atoms with van der Waals surface area (Å²) in [5.74, 6) is 0. The predicted molar refractivity (Wildman–Crippen MR) is 71.1 cm³/mol. The highest BCUT2D eigenvalue weighted by molar-refractivity contribution is 9.24. The molecule has 0 aliphatic heterocycles. The monoisotopic (exact) mass is 389 g/mol. The third kappa shape index (κ3) is 4.11. The van der Waals surface area contributed by atoms with Gasteiger partial charge in [0.25, 0.3) is 0 Å². The molecule has 0 aliphatic rings. The van der Waals surface area contributed by atoms with Gasteiger partial charge in [0.2, 0.25) is 0 Å². The van der Waals surface area contributed by atoms with Crippen LogP contribution in [0.4, 0.5) is 19.3 Å². The van der Waals surface area contributed by atoms with E-state index in [-0.39, 0.29) is 17.6 Å². The SMILES string of the molecule is O=C(O)N(SC(F)(F)C(Br)Br)c1ccccc1. The molecule has 0 saturated carbocycles. The number of carbonyl (C=O) groups is 1. The second-order valence-electron chi connectivity index (χ2n) is 2.87. The van der Waals surface area contributed by atoms with E-state index in [4.69, 9.17) is 5.11 Å². The standard InChI is InChI=1S/C9H7Br2F2NO2S/c10-7(11)9(12,13)17-14(8(15)16)6-4-2-1-3-5-6/h1-5,7H,(H,15,16). The average Bonchev–Trinajstić information content (AvgIpc) is 2.26. The lowest BCUT2D eigenvalue weighted by atomic mass is 10.3. The highest BCUT2D eigenvalue weighted by atomic mass is 79.9. The van der Waals surface area contributed by atoms with Gasteiger partial charge in [-0.05, 0) is 12.1 Å². The fraction of sp³-hybridized carbons (Fsp3) is 0.222. The summed E-state index contributed by atoms with van der Waals surface area (Å²) >= 11 is 5.27. The average molecular weight is 391 g/mol. The molecule has 1 aromatic carbocycles. The Morgan fingerprint density at radius 2 is 1.88 bits per heavy atom. The van der Waals surface area contributed by atoms with Gasteiger partial charge in [-0.3, -0.25) is 0 Å². The lowest BCUT2D eigenvalue weighted by Crippen LogP contribution is -2.31. The Morgan fingerprint density at radius 1 is 1.35 bits per heavy atom. The van der Waals surface area contributed by atoms with Crippen LogP contribution in [0.25, 0.3) is 0 Å². The molecule has 0 unspecified atom stereocenters. The third-order valence-corrected chi connectivity index (χ3v) is 4.42. The fourth-order valence-electron chi connectivity index (χ4n) is 0.927. The highest BCUT2D eigenvalue weighted by Gasteiger charge is 2.41. The van der Waals surface area contributed by atoms with Crippen molar-refractivity contribution in [3.63, 3.8) is 0 Å². The molecule has 1 amide bonds. The van der Waals surface area contributed by atoms with Crippen LogP contribution in [0, 0.1) is 0 Å². The quantitative estimate of drug-likeness (QED) is 0.606. The van der Waals surface area contributed by atoms with E-state index in [2.05, 4.69) is 31.9 Å². The Labute approximate surface area is 118 Å². The van der Waals surface area contributed by atoms with Crippen LogP contribution < -0.4 is 4.31 Å². The number of carboxylic acid groups (broad SMARTS) is 1. The summed E-state index contributed by atoms with van der Waals surface area (Å²) < 4.78 is 26.0. The Morgan fingerprint density at radius 3 is 2.29 bits per heavy atom. The number of hydrogen-bond donors (Lipinski definition) is 1. The molecule has 0 radical (unpaired) electrons. The molecule has 3 nitrogen and oxygen atoms in total. The van der Waals surface area contributed by atoms with Crippen LogP contribution in [0.1, 0.15) is 0 Å². The molecule has 0 bridgehead atoms. The van der Waals surface area contributed by atoms with Crippen LogP contribution >= 0.6 is 43.8 Å². The molecule has 0 saturated heterocycles. The van der Waals surface area contributed by atoms with Gasteiger partial charge in [0.15, 0.2) is 0 Å². The van der Waals surface area contributed by atoms with E-state index in [1.165, 1.54) is 12.1 Å². The van der Waals surface area contributed by atoms with Gasteiger partial charge in [-0.1, -0.05) is 50.1 Å². The third-order valence-electron chi connectivity index (χ3n) is 1.63. The van der Waals surface area contributed by atoms with Crippen LogP contribution in [0.5, 0.6) is 0 Å². The molecule has 1 aromatic rings. The zero-order valence-corrected chi connectivity index (χ0v) is 12.2. The molecule has 0 aliphatic carbocycles. The van der Waals surface area contributed by atoms with Crippen LogP contribution in [-0.4, -0.2) is 20.2 Å². The maximum atomic E-state index is 13.4. The van der Waals surface area contributed by atoms with Crippen molar-refractivity contribution in [2.75, 3.05) is 4.31 Å². The van der Waals surface area contributed by atoms with Gasteiger partial charge in [-0.15, -0.1) is 0 Å². The predicted octanol–water partition coefficient (Wildman–Crippen LogP) is 4.53. The number of alkyl halides is 4. The summed E-state index contributed by atoms with van der Waals surface area (Å²) in [7, 11) is 0. The normalized spacial score (nSPS) is 11.6. The molecular formula is C9H7Br2F2NO2S. The second-order valence-corrected chi connectivity index (χ2v) is 7.02. The van der Waals surface area contributed by atoms with Crippen molar-refractivity contribution in [3.05, 3.63) is 30.3 Å². The maximum absolute atomic E-state index is 13.4. The largest absolute Gasteiger partial charge is 0.464 e. The van der Waals surface area contributed by atoms with Crippen molar-refractivity contribution < 1.29 is 18.7 Å². The molecule has 17 heavy (non-hydrogen) atoms. The zero-order valence-electron chi connectivity index (χ0n) is 8.19. The summed E-state index contributed by atoms with van der Waals surface area (Å²) in [6.45, 7) is 0. The number of anilines is 1. The minimum atomic E-state index is -3.30. The minimum Gasteiger partial charge on any atom is -0.464 e. The van der Waals surface area contributed by atoms with E-state index in [0.29, 0.717) is 4.31 Å². The van der Waals surface area contributed by atoms with Gasteiger partial charge >= 0.3 is 11.3 Å².